The molecule has 0 aliphatic rings. The van der Waals surface area contributed by atoms with E-state index in [9.17, 15) is 0 Å². The number of aromatic nitrogens is 2. The van der Waals surface area contributed by atoms with E-state index in [4.69, 9.17) is 11.5 Å². The molecule has 5 N–H and O–H groups in total. The van der Waals surface area contributed by atoms with Gasteiger partial charge in [0, 0.05) is 11.8 Å². The van der Waals surface area contributed by atoms with E-state index < -0.39 is 0 Å². The Bertz CT molecular complexity index is 516. The molecule has 0 spiro atoms. The van der Waals surface area contributed by atoms with Gasteiger partial charge in [0.15, 0.2) is 0 Å². The number of nitrogens with one attached hydrogen (secondary N) is 1. The average Bonchev–Trinajstić information content (AvgIpc) is 2.37. The lowest BCUT2D eigenvalue weighted by Crippen LogP contribution is -2.02. The molecule has 0 fully saturated rings. The molecule has 19 heavy (non-hydrogen) atoms. The maximum absolute atomic E-state index is 5.62. The van der Waals surface area contributed by atoms with Gasteiger partial charge in [-0.3, -0.25) is 0 Å². The molecular formula is C14H19N5. The molecule has 5 heteroatoms. The third-order valence-corrected chi connectivity index (χ3v) is 2.81. The lowest BCUT2D eigenvalue weighted by Gasteiger charge is -2.07. The van der Waals surface area contributed by atoms with Crippen LogP contribution in [0.2, 0.25) is 0 Å². The first-order valence-corrected chi connectivity index (χ1v) is 6.43. The van der Waals surface area contributed by atoms with Crippen LogP contribution in [0.25, 0.3) is 0 Å². The van der Waals surface area contributed by atoms with Crippen molar-refractivity contribution in [1.29, 1.82) is 0 Å². The molecule has 0 aliphatic carbocycles. The summed E-state index contributed by atoms with van der Waals surface area (Å²) in [6.07, 6.45) is 3.54. The molecule has 0 amide bonds. The van der Waals surface area contributed by atoms with Crippen molar-refractivity contribution in [2.75, 3.05) is 16.8 Å². The van der Waals surface area contributed by atoms with Gasteiger partial charge < -0.3 is 16.8 Å². The predicted molar refractivity (Wildman–Crippen MR) is 79.2 cm³/mol. The predicted octanol–water partition coefficient (Wildman–Crippen LogP) is 2.73. The molecule has 0 saturated heterocycles. The first kappa shape index (κ1) is 13.1. The van der Waals surface area contributed by atoms with Crippen LogP contribution in [0.3, 0.4) is 0 Å². The molecule has 2 rings (SSSR count). The molecule has 0 aliphatic heterocycles. The van der Waals surface area contributed by atoms with Crippen LogP contribution in [0.1, 0.15) is 25.3 Å². The molecule has 0 saturated carbocycles. The zero-order valence-electron chi connectivity index (χ0n) is 11.1. The number of anilines is 4. The first-order chi connectivity index (χ1) is 9.17. The van der Waals surface area contributed by atoms with Gasteiger partial charge in [0.05, 0.1) is 0 Å². The van der Waals surface area contributed by atoms with Gasteiger partial charge >= 0.3 is 0 Å². The first-order valence-electron chi connectivity index (χ1n) is 6.43. The minimum atomic E-state index is 0.169. The molecule has 1 heterocycles. The maximum Gasteiger partial charge on any atom is 0.223 e. The van der Waals surface area contributed by atoms with E-state index in [0.717, 1.165) is 12.1 Å². The Kier molecular flexibility index (Phi) is 4.18. The van der Waals surface area contributed by atoms with Gasteiger partial charge in [-0.25, -0.2) is 0 Å². The van der Waals surface area contributed by atoms with Crippen molar-refractivity contribution < 1.29 is 0 Å². The van der Waals surface area contributed by atoms with Crippen LogP contribution < -0.4 is 16.8 Å². The van der Waals surface area contributed by atoms with Crippen molar-refractivity contribution >= 4 is 23.3 Å². The van der Waals surface area contributed by atoms with Crippen LogP contribution >= 0.6 is 0 Å². The van der Waals surface area contributed by atoms with E-state index in [1.165, 1.54) is 18.4 Å². The molecular weight excluding hydrogens is 238 g/mol. The number of benzene rings is 1. The van der Waals surface area contributed by atoms with Crippen LogP contribution in [-0.4, -0.2) is 9.97 Å². The molecule has 2 aromatic rings. The quantitative estimate of drug-likeness (QED) is 0.766. The maximum atomic E-state index is 5.62. The highest BCUT2D eigenvalue weighted by Gasteiger charge is 2.00. The fourth-order valence-corrected chi connectivity index (χ4v) is 1.83. The van der Waals surface area contributed by atoms with E-state index in [0.29, 0.717) is 11.6 Å². The number of nitrogen functional groups attached to an aromatic ring is 2. The van der Waals surface area contributed by atoms with Gasteiger partial charge in [-0.2, -0.15) is 9.97 Å². The van der Waals surface area contributed by atoms with Crippen LogP contribution in [0, 0.1) is 0 Å². The smallest absolute Gasteiger partial charge is 0.223 e. The zero-order valence-corrected chi connectivity index (χ0v) is 11.1. The third-order valence-electron chi connectivity index (χ3n) is 2.81. The van der Waals surface area contributed by atoms with Gasteiger partial charge in [0.25, 0.3) is 0 Å². The van der Waals surface area contributed by atoms with Crippen molar-refractivity contribution in [3.05, 3.63) is 35.9 Å². The van der Waals surface area contributed by atoms with Gasteiger partial charge in [0.1, 0.15) is 11.6 Å². The zero-order chi connectivity index (χ0) is 13.7. The Labute approximate surface area is 113 Å². The van der Waals surface area contributed by atoms with Crippen molar-refractivity contribution in [2.24, 2.45) is 0 Å². The second-order valence-corrected chi connectivity index (χ2v) is 4.46. The fraction of sp³-hybridized carbons (Fsp3) is 0.286. The van der Waals surface area contributed by atoms with Gasteiger partial charge in [-0.05, 0) is 30.5 Å². The third kappa shape index (κ3) is 3.84. The van der Waals surface area contributed by atoms with E-state index in [-0.39, 0.29) is 5.95 Å². The van der Waals surface area contributed by atoms with Crippen molar-refractivity contribution in [3.8, 4) is 0 Å². The Balaban J connectivity index is 2.06. The van der Waals surface area contributed by atoms with Crippen molar-refractivity contribution in [3.63, 3.8) is 0 Å². The highest BCUT2D eigenvalue weighted by molar-refractivity contribution is 5.60. The number of nitrogens with two attached hydrogens (primary N) is 2. The molecule has 0 atom stereocenters. The molecule has 1 aromatic heterocycles. The largest absolute Gasteiger partial charge is 0.383 e. The minimum Gasteiger partial charge on any atom is -0.383 e. The standard InChI is InChI=1S/C14H19N5/c1-2-3-4-10-5-7-11(8-6-10)17-13-9-12(15)18-14(16)19-13/h5-9H,2-4H2,1H3,(H5,15,16,17,18,19). The summed E-state index contributed by atoms with van der Waals surface area (Å²) in [5.41, 5.74) is 13.5. The lowest BCUT2D eigenvalue weighted by atomic mass is 10.1. The highest BCUT2D eigenvalue weighted by atomic mass is 15.1. The summed E-state index contributed by atoms with van der Waals surface area (Å²) >= 11 is 0. The van der Waals surface area contributed by atoms with E-state index in [1.54, 1.807) is 6.07 Å². The summed E-state index contributed by atoms with van der Waals surface area (Å²) in [4.78, 5) is 7.91. The normalized spacial score (nSPS) is 10.4. The molecule has 0 unspecified atom stereocenters. The van der Waals surface area contributed by atoms with E-state index in [2.05, 4.69) is 34.3 Å². The van der Waals surface area contributed by atoms with Gasteiger partial charge in [-0.1, -0.05) is 25.5 Å². The topological polar surface area (TPSA) is 89.8 Å². The Morgan fingerprint density at radius 1 is 1.11 bits per heavy atom. The monoisotopic (exact) mass is 257 g/mol. The van der Waals surface area contributed by atoms with E-state index in [1.807, 2.05) is 12.1 Å². The number of hydrogen-bond acceptors (Lipinski definition) is 5. The summed E-state index contributed by atoms with van der Waals surface area (Å²) in [6.45, 7) is 2.19. The number of aryl methyl sites for hydroxylation is 1. The summed E-state index contributed by atoms with van der Waals surface area (Å²) in [5.74, 6) is 1.13. The fourth-order valence-electron chi connectivity index (χ4n) is 1.83. The minimum absolute atomic E-state index is 0.169. The number of rotatable bonds is 5. The van der Waals surface area contributed by atoms with Crippen molar-refractivity contribution in [1.82, 2.24) is 9.97 Å². The summed E-state index contributed by atoms with van der Waals surface area (Å²) in [6, 6.07) is 9.94. The number of nitrogens with zero attached hydrogens (tertiary/aromatic N) is 2. The number of unbranched alkanes of at least 4 members (excludes halogenated alkanes) is 1. The Morgan fingerprint density at radius 3 is 2.47 bits per heavy atom. The van der Waals surface area contributed by atoms with E-state index >= 15 is 0 Å². The SMILES string of the molecule is CCCCc1ccc(Nc2cc(N)nc(N)n2)cc1. The van der Waals surface area contributed by atoms with Crippen LogP contribution in [0.4, 0.5) is 23.3 Å². The molecule has 0 bridgehead atoms. The number of hydrogen-bond donors (Lipinski definition) is 3. The van der Waals surface area contributed by atoms with Crippen LogP contribution in [-0.2, 0) is 6.42 Å². The molecule has 0 radical (unpaired) electrons. The molecule has 5 nitrogen and oxygen atoms in total. The van der Waals surface area contributed by atoms with Crippen molar-refractivity contribution in [2.45, 2.75) is 26.2 Å². The summed E-state index contributed by atoms with van der Waals surface area (Å²) in [7, 11) is 0. The van der Waals surface area contributed by atoms with Crippen LogP contribution in [0.5, 0.6) is 0 Å². The summed E-state index contributed by atoms with van der Waals surface area (Å²) in [5, 5.41) is 3.16. The molecule has 1 aromatic carbocycles. The average molecular weight is 257 g/mol. The molecule has 100 valence electrons. The summed E-state index contributed by atoms with van der Waals surface area (Å²) < 4.78 is 0. The Morgan fingerprint density at radius 2 is 1.84 bits per heavy atom. The lowest BCUT2D eigenvalue weighted by molar-refractivity contribution is 0.795. The van der Waals surface area contributed by atoms with Crippen LogP contribution in [0.15, 0.2) is 30.3 Å². The second-order valence-electron chi connectivity index (χ2n) is 4.46. The Hall–Kier alpha value is -2.30. The van der Waals surface area contributed by atoms with Gasteiger partial charge in [0.2, 0.25) is 5.95 Å². The van der Waals surface area contributed by atoms with Gasteiger partial charge in [-0.15, -0.1) is 0 Å². The highest BCUT2D eigenvalue weighted by Crippen LogP contribution is 2.18. The second kappa shape index (κ2) is 6.04.